The number of aliphatic hydroxyl groups excluding tert-OH is 1. The van der Waals surface area contributed by atoms with Gasteiger partial charge in [-0.25, -0.2) is 0 Å². The third-order valence-corrected chi connectivity index (χ3v) is 6.00. The predicted octanol–water partition coefficient (Wildman–Crippen LogP) is 3.19. The lowest BCUT2D eigenvalue weighted by molar-refractivity contribution is 0.0298. The quantitative estimate of drug-likeness (QED) is 0.895. The lowest BCUT2D eigenvalue weighted by Gasteiger charge is -2.45. The Morgan fingerprint density at radius 2 is 1.35 bits per heavy atom. The number of nitrogens with zero attached hydrogens (tertiary/aromatic N) is 1. The maximum atomic E-state index is 10.1. The van der Waals surface area contributed by atoms with Crippen LogP contribution >= 0.6 is 0 Å². The van der Waals surface area contributed by atoms with E-state index in [-0.39, 0.29) is 18.1 Å². The fourth-order valence-corrected chi connectivity index (χ4v) is 4.03. The molecule has 0 radical (unpaired) electrons. The molecule has 130 valence electrons. The van der Waals surface area contributed by atoms with Crippen molar-refractivity contribution in [3.05, 3.63) is 33.4 Å². The summed E-state index contributed by atoms with van der Waals surface area (Å²) in [5.74, 6) is 0. The van der Waals surface area contributed by atoms with Gasteiger partial charge in [0.2, 0.25) is 0 Å². The second kappa shape index (κ2) is 6.92. The monoisotopic (exact) mass is 318 g/mol. The fourth-order valence-electron chi connectivity index (χ4n) is 4.03. The van der Waals surface area contributed by atoms with E-state index in [1.165, 1.54) is 33.4 Å². The van der Waals surface area contributed by atoms with Crippen molar-refractivity contribution in [2.24, 2.45) is 5.41 Å². The molecule has 0 amide bonds. The number of rotatable bonds is 4. The van der Waals surface area contributed by atoms with E-state index in [4.69, 9.17) is 0 Å². The molecule has 1 fully saturated rings. The molecule has 2 rings (SSSR count). The lowest BCUT2D eigenvalue weighted by Crippen LogP contribution is -2.50. The van der Waals surface area contributed by atoms with Crippen molar-refractivity contribution in [3.63, 3.8) is 0 Å². The average molecular weight is 319 g/mol. The number of aliphatic hydroxyl groups is 1. The van der Waals surface area contributed by atoms with Crippen LogP contribution in [-0.2, 0) is 0 Å². The number of piperazine rings is 1. The van der Waals surface area contributed by atoms with Crippen LogP contribution in [0.25, 0.3) is 0 Å². The standard InChI is InChI=1S/C20H34N2O/c1-13-14(2)16(4)18(17(5)15(13)3)19(20(6,7)12-23)22-10-8-21-9-11-22/h19,21,23H,8-12H2,1-7H3/t19-/m1/s1. The zero-order valence-electron chi connectivity index (χ0n) is 16.0. The second-order valence-corrected chi connectivity index (χ2v) is 7.87. The van der Waals surface area contributed by atoms with Gasteiger partial charge >= 0.3 is 0 Å². The molecule has 1 aromatic rings. The van der Waals surface area contributed by atoms with Crippen LogP contribution in [0.3, 0.4) is 0 Å². The summed E-state index contributed by atoms with van der Waals surface area (Å²) in [5.41, 5.74) is 8.28. The molecule has 1 aromatic carbocycles. The van der Waals surface area contributed by atoms with Gasteiger partial charge < -0.3 is 10.4 Å². The summed E-state index contributed by atoms with van der Waals surface area (Å²) in [6.07, 6.45) is 0. The van der Waals surface area contributed by atoms with E-state index in [1.807, 2.05) is 0 Å². The van der Waals surface area contributed by atoms with Crippen LogP contribution in [-0.4, -0.2) is 42.8 Å². The molecule has 0 unspecified atom stereocenters. The third-order valence-electron chi connectivity index (χ3n) is 6.00. The van der Waals surface area contributed by atoms with Crippen LogP contribution in [0.2, 0.25) is 0 Å². The maximum absolute atomic E-state index is 10.1. The molecule has 1 aliphatic rings. The summed E-state index contributed by atoms with van der Waals surface area (Å²) >= 11 is 0. The topological polar surface area (TPSA) is 35.5 Å². The Kier molecular flexibility index (Phi) is 5.55. The molecule has 0 aromatic heterocycles. The molecule has 1 saturated heterocycles. The van der Waals surface area contributed by atoms with Gasteiger partial charge in [-0.2, -0.15) is 0 Å². The molecule has 1 heterocycles. The van der Waals surface area contributed by atoms with Crippen LogP contribution in [0.1, 0.15) is 53.3 Å². The first kappa shape index (κ1) is 18.4. The minimum absolute atomic E-state index is 0.166. The number of nitrogens with one attached hydrogen (secondary N) is 1. The first-order chi connectivity index (χ1) is 10.7. The van der Waals surface area contributed by atoms with E-state index < -0.39 is 0 Å². The Bertz CT molecular complexity index is 542. The van der Waals surface area contributed by atoms with E-state index in [0.29, 0.717) is 0 Å². The highest BCUT2D eigenvalue weighted by Crippen LogP contribution is 2.43. The fraction of sp³-hybridized carbons (Fsp3) is 0.700. The van der Waals surface area contributed by atoms with Gasteiger partial charge in [0.15, 0.2) is 0 Å². The summed E-state index contributed by atoms with van der Waals surface area (Å²) in [5, 5.41) is 13.5. The SMILES string of the molecule is Cc1c(C)c(C)c([C@@H](N2CCNCC2)C(C)(C)CO)c(C)c1C. The normalized spacial score (nSPS) is 18.3. The summed E-state index contributed by atoms with van der Waals surface area (Å²) in [7, 11) is 0. The summed E-state index contributed by atoms with van der Waals surface area (Å²) in [6.45, 7) is 19.9. The molecule has 23 heavy (non-hydrogen) atoms. The zero-order valence-corrected chi connectivity index (χ0v) is 16.0. The number of hydrogen-bond donors (Lipinski definition) is 2. The third kappa shape index (κ3) is 3.33. The molecule has 0 spiro atoms. The molecular weight excluding hydrogens is 284 g/mol. The minimum Gasteiger partial charge on any atom is -0.396 e. The van der Waals surface area contributed by atoms with Crippen LogP contribution in [0.5, 0.6) is 0 Å². The first-order valence-corrected chi connectivity index (χ1v) is 8.84. The van der Waals surface area contributed by atoms with E-state index in [2.05, 4.69) is 58.7 Å². The highest BCUT2D eigenvalue weighted by Gasteiger charge is 2.38. The van der Waals surface area contributed by atoms with Crippen molar-refractivity contribution in [3.8, 4) is 0 Å². The van der Waals surface area contributed by atoms with Crippen molar-refractivity contribution in [2.75, 3.05) is 32.8 Å². The van der Waals surface area contributed by atoms with E-state index >= 15 is 0 Å². The number of hydrogen-bond acceptors (Lipinski definition) is 3. The smallest absolute Gasteiger partial charge is 0.0500 e. The van der Waals surface area contributed by atoms with Crippen LogP contribution < -0.4 is 5.32 Å². The van der Waals surface area contributed by atoms with Crippen molar-refractivity contribution in [2.45, 2.75) is 54.5 Å². The Labute approximate surface area is 142 Å². The van der Waals surface area contributed by atoms with Gasteiger partial charge in [-0.3, -0.25) is 4.90 Å². The molecule has 0 bridgehead atoms. The van der Waals surface area contributed by atoms with Gasteiger partial charge in [0, 0.05) is 44.2 Å². The minimum atomic E-state index is -0.166. The molecule has 0 aliphatic carbocycles. The van der Waals surface area contributed by atoms with E-state index in [0.717, 1.165) is 26.2 Å². The highest BCUT2D eigenvalue weighted by atomic mass is 16.3. The predicted molar refractivity (Wildman–Crippen MR) is 98.2 cm³/mol. The molecule has 1 aliphatic heterocycles. The first-order valence-electron chi connectivity index (χ1n) is 8.84. The largest absolute Gasteiger partial charge is 0.396 e. The van der Waals surface area contributed by atoms with Gasteiger partial charge in [-0.05, 0) is 68.0 Å². The van der Waals surface area contributed by atoms with Crippen LogP contribution in [0.15, 0.2) is 0 Å². The van der Waals surface area contributed by atoms with Crippen LogP contribution in [0.4, 0.5) is 0 Å². The Morgan fingerprint density at radius 1 is 0.913 bits per heavy atom. The van der Waals surface area contributed by atoms with Crippen molar-refractivity contribution >= 4 is 0 Å². The molecule has 3 nitrogen and oxygen atoms in total. The average Bonchev–Trinajstić information content (AvgIpc) is 2.55. The van der Waals surface area contributed by atoms with E-state index in [9.17, 15) is 5.11 Å². The second-order valence-electron chi connectivity index (χ2n) is 7.87. The molecule has 0 saturated carbocycles. The highest BCUT2D eigenvalue weighted by molar-refractivity contribution is 5.51. The zero-order chi connectivity index (χ0) is 17.4. The number of benzene rings is 1. The Hall–Kier alpha value is -0.900. The summed E-state index contributed by atoms with van der Waals surface area (Å²) < 4.78 is 0. The van der Waals surface area contributed by atoms with Gasteiger partial charge in [0.05, 0.1) is 0 Å². The van der Waals surface area contributed by atoms with Gasteiger partial charge in [0.1, 0.15) is 0 Å². The molecule has 1 atom stereocenters. The van der Waals surface area contributed by atoms with Crippen molar-refractivity contribution in [1.29, 1.82) is 0 Å². The van der Waals surface area contributed by atoms with Crippen molar-refractivity contribution < 1.29 is 5.11 Å². The van der Waals surface area contributed by atoms with Gasteiger partial charge in [-0.15, -0.1) is 0 Å². The van der Waals surface area contributed by atoms with Gasteiger partial charge in [-0.1, -0.05) is 13.8 Å². The molecule has 3 heteroatoms. The Balaban J connectivity index is 2.65. The van der Waals surface area contributed by atoms with Crippen LogP contribution in [0, 0.1) is 40.0 Å². The summed E-state index contributed by atoms with van der Waals surface area (Å²) in [4.78, 5) is 2.57. The maximum Gasteiger partial charge on any atom is 0.0500 e. The lowest BCUT2D eigenvalue weighted by atomic mass is 9.74. The van der Waals surface area contributed by atoms with Crippen molar-refractivity contribution in [1.82, 2.24) is 10.2 Å². The molecular formula is C20H34N2O. The van der Waals surface area contributed by atoms with E-state index in [1.54, 1.807) is 0 Å². The molecule has 2 N–H and O–H groups in total. The van der Waals surface area contributed by atoms with Gasteiger partial charge in [0.25, 0.3) is 0 Å². The Morgan fingerprint density at radius 3 is 1.78 bits per heavy atom. The summed E-state index contributed by atoms with van der Waals surface area (Å²) in [6, 6.07) is 0.257.